The van der Waals surface area contributed by atoms with Crippen molar-refractivity contribution in [3.05, 3.63) is 71.8 Å². The summed E-state index contributed by atoms with van der Waals surface area (Å²) in [5.74, 6) is -0.383. The summed E-state index contributed by atoms with van der Waals surface area (Å²) in [7, 11) is 0. The van der Waals surface area contributed by atoms with Crippen LogP contribution in [-0.2, 0) is 16.2 Å². The Balaban J connectivity index is 1.81. The van der Waals surface area contributed by atoms with Gasteiger partial charge < -0.3 is 15.2 Å². The number of benzene rings is 2. The summed E-state index contributed by atoms with van der Waals surface area (Å²) in [6.07, 6.45) is 3.58. The molecule has 130 valence electrons. The van der Waals surface area contributed by atoms with Gasteiger partial charge in [0.1, 0.15) is 12.4 Å². The number of aliphatic carboxylic acids is 1. The topological polar surface area (TPSA) is 75.6 Å². The number of hydrogen-bond acceptors (Lipinski definition) is 3. The Kier molecular flexibility index (Phi) is 7.25. The van der Waals surface area contributed by atoms with E-state index in [1.54, 1.807) is 6.08 Å². The molecular weight excluding hydrogens is 318 g/mol. The van der Waals surface area contributed by atoms with E-state index in [1.165, 1.54) is 6.08 Å². The average molecular weight is 339 g/mol. The molecule has 0 aliphatic heterocycles. The van der Waals surface area contributed by atoms with E-state index < -0.39 is 5.97 Å². The molecule has 2 aromatic carbocycles. The number of nitrogens with one attached hydrogen (secondary N) is 1. The number of rotatable bonds is 9. The van der Waals surface area contributed by atoms with Crippen LogP contribution >= 0.6 is 0 Å². The molecule has 0 saturated heterocycles. The Bertz CT molecular complexity index is 725. The van der Waals surface area contributed by atoms with Gasteiger partial charge in [-0.2, -0.15) is 0 Å². The normalized spacial score (nSPS) is 10.6. The van der Waals surface area contributed by atoms with Gasteiger partial charge in [0, 0.05) is 19.0 Å². The van der Waals surface area contributed by atoms with Crippen LogP contribution in [-0.4, -0.2) is 23.5 Å². The van der Waals surface area contributed by atoms with Crippen molar-refractivity contribution in [2.24, 2.45) is 0 Å². The molecule has 0 unspecified atom stereocenters. The summed E-state index contributed by atoms with van der Waals surface area (Å²) in [5.41, 5.74) is 1.94. The van der Waals surface area contributed by atoms with E-state index in [2.05, 4.69) is 5.32 Å². The lowest BCUT2D eigenvalue weighted by Gasteiger charge is -2.07. The van der Waals surface area contributed by atoms with Gasteiger partial charge in [0.05, 0.1) is 0 Å². The number of amides is 1. The summed E-state index contributed by atoms with van der Waals surface area (Å²) in [5, 5.41) is 11.2. The van der Waals surface area contributed by atoms with Crippen LogP contribution in [0.3, 0.4) is 0 Å². The zero-order chi connectivity index (χ0) is 17.9. The zero-order valence-electron chi connectivity index (χ0n) is 13.9. The van der Waals surface area contributed by atoms with Gasteiger partial charge in [0.15, 0.2) is 0 Å². The molecule has 2 aromatic rings. The van der Waals surface area contributed by atoms with Crippen LogP contribution < -0.4 is 10.1 Å². The third kappa shape index (κ3) is 7.35. The molecule has 0 radical (unpaired) electrons. The summed E-state index contributed by atoms with van der Waals surface area (Å²) < 4.78 is 5.75. The highest BCUT2D eigenvalue weighted by Gasteiger charge is 2.00. The summed E-state index contributed by atoms with van der Waals surface area (Å²) in [6, 6.07) is 17.4. The Morgan fingerprint density at radius 3 is 2.64 bits per heavy atom. The Morgan fingerprint density at radius 1 is 1.08 bits per heavy atom. The highest BCUT2D eigenvalue weighted by atomic mass is 16.5. The quantitative estimate of drug-likeness (QED) is 0.543. The van der Waals surface area contributed by atoms with Crippen LogP contribution in [0, 0.1) is 0 Å². The lowest BCUT2D eigenvalue weighted by molar-refractivity contribution is -0.137. The van der Waals surface area contributed by atoms with Gasteiger partial charge in [-0.1, -0.05) is 42.5 Å². The van der Waals surface area contributed by atoms with E-state index in [9.17, 15) is 9.59 Å². The Morgan fingerprint density at radius 2 is 1.88 bits per heavy atom. The van der Waals surface area contributed by atoms with Crippen molar-refractivity contribution >= 4 is 18.0 Å². The lowest BCUT2D eigenvalue weighted by atomic mass is 10.2. The fraction of sp³-hybridized carbons (Fsp3) is 0.200. The smallest absolute Gasteiger partial charge is 0.303 e. The maximum atomic E-state index is 11.7. The largest absolute Gasteiger partial charge is 0.489 e. The number of carboxylic acids is 1. The fourth-order valence-electron chi connectivity index (χ4n) is 2.13. The van der Waals surface area contributed by atoms with Crippen molar-refractivity contribution in [3.63, 3.8) is 0 Å². The van der Waals surface area contributed by atoms with E-state index in [1.807, 2.05) is 54.6 Å². The highest BCUT2D eigenvalue weighted by molar-refractivity contribution is 5.91. The van der Waals surface area contributed by atoms with Gasteiger partial charge in [-0.3, -0.25) is 9.59 Å². The lowest BCUT2D eigenvalue weighted by Crippen LogP contribution is -2.22. The van der Waals surface area contributed by atoms with E-state index in [0.717, 1.165) is 16.9 Å². The highest BCUT2D eigenvalue weighted by Crippen LogP contribution is 2.16. The molecule has 0 atom stereocenters. The first-order chi connectivity index (χ1) is 12.1. The maximum Gasteiger partial charge on any atom is 0.303 e. The minimum absolute atomic E-state index is 0.0464. The predicted molar refractivity (Wildman–Crippen MR) is 96.1 cm³/mol. The standard InChI is InChI=1S/C20H21NO4/c22-19(21-13-5-10-20(23)24)12-11-16-8-4-9-18(14-16)25-15-17-6-2-1-3-7-17/h1-4,6-9,11-12,14H,5,10,13,15H2,(H,21,22)(H,23,24). The van der Waals surface area contributed by atoms with E-state index in [-0.39, 0.29) is 12.3 Å². The number of ether oxygens (including phenoxy) is 1. The van der Waals surface area contributed by atoms with Gasteiger partial charge >= 0.3 is 5.97 Å². The van der Waals surface area contributed by atoms with Crippen LogP contribution in [0.2, 0.25) is 0 Å². The monoisotopic (exact) mass is 339 g/mol. The molecule has 5 nitrogen and oxygen atoms in total. The second kappa shape index (κ2) is 9.93. The first-order valence-electron chi connectivity index (χ1n) is 8.08. The van der Waals surface area contributed by atoms with Crippen LogP contribution in [0.1, 0.15) is 24.0 Å². The van der Waals surface area contributed by atoms with Crippen molar-refractivity contribution in [2.75, 3.05) is 6.54 Å². The zero-order valence-corrected chi connectivity index (χ0v) is 13.9. The summed E-state index contributed by atoms with van der Waals surface area (Å²) in [6.45, 7) is 0.827. The summed E-state index contributed by atoms with van der Waals surface area (Å²) >= 11 is 0. The molecule has 0 aliphatic rings. The molecule has 25 heavy (non-hydrogen) atoms. The SMILES string of the molecule is O=C(O)CCCNC(=O)C=Cc1cccc(OCc2ccccc2)c1. The van der Waals surface area contributed by atoms with Crippen molar-refractivity contribution in [1.29, 1.82) is 0 Å². The predicted octanol–water partition coefficient (Wildman–Crippen LogP) is 3.26. The third-order valence-corrected chi connectivity index (χ3v) is 3.40. The average Bonchev–Trinajstić information content (AvgIpc) is 2.63. The number of carbonyl (C=O) groups is 2. The second-order valence-electron chi connectivity index (χ2n) is 5.47. The van der Waals surface area contributed by atoms with Gasteiger partial charge in [-0.05, 0) is 35.8 Å². The van der Waals surface area contributed by atoms with Gasteiger partial charge in [-0.25, -0.2) is 0 Å². The molecular formula is C20H21NO4. The van der Waals surface area contributed by atoms with Crippen molar-refractivity contribution in [2.45, 2.75) is 19.4 Å². The molecule has 0 heterocycles. The van der Waals surface area contributed by atoms with Crippen LogP contribution in [0.4, 0.5) is 0 Å². The first kappa shape index (κ1) is 18.3. The molecule has 0 bridgehead atoms. The molecule has 1 amide bonds. The van der Waals surface area contributed by atoms with Crippen LogP contribution in [0.15, 0.2) is 60.7 Å². The number of hydrogen-bond donors (Lipinski definition) is 2. The Hall–Kier alpha value is -3.08. The minimum Gasteiger partial charge on any atom is -0.489 e. The number of carbonyl (C=O) groups excluding carboxylic acids is 1. The molecule has 0 fully saturated rings. The molecule has 2 rings (SSSR count). The first-order valence-corrected chi connectivity index (χ1v) is 8.08. The van der Waals surface area contributed by atoms with Gasteiger partial charge in [0.25, 0.3) is 0 Å². The molecule has 2 N–H and O–H groups in total. The third-order valence-electron chi connectivity index (χ3n) is 3.40. The summed E-state index contributed by atoms with van der Waals surface area (Å²) in [4.78, 5) is 22.1. The molecule has 5 heteroatoms. The van der Waals surface area contributed by atoms with Crippen LogP contribution in [0.5, 0.6) is 5.75 Å². The van der Waals surface area contributed by atoms with E-state index >= 15 is 0 Å². The van der Waals surface area contributed by atoms with Crippen molar-refractivity contribution in [1.82, 2.24) is 5.32 Å². The van der Waals surface area contributed by atoms with Crippen molar-refractivity contribution in [3.8, 4) is 5.75 Å². The van der Waals surface area contributed by atoms with E-state index in [4.69, 9.17) is 9.84 Å². The fourth-order valence-corrected chi connectivity index (χ4v) is 2.13. The maximum absolute atomic E-state index is 11.7. The second-order valence-corrected chi connectivity index (χ2v) is 5.47. The number of carboxylic acid groups (broad SMARTS) is 1. The molecule has 0 aromatic heterocycles. The van der Waals surface area contributed by atoms with Crippen molar-refractivity contribution < 1.29 is 19.4 Å². The molecule has 0 aliphatic carbocycles. The minimum atomic E-state index is -0.864. The molecule has 0 saturated carbocycles. The van der Waals surface area contributed by atoms with Crippen LogP contribution in [0.25, 0.3) is 6.08 Å². The Labute approximate surface area is 146 Å². The van der Waals surface area contributed by atoms with Gasteiger partial charge in [0.2, 0.25) is 5.91 Å². The van der Waals surface area contributed by atoms with E-state index in [0.29, 0.717) is 19.6 Å². The molecule has 0 spiro atoms. The van der Waals surface area contributed by atoms with Gasteiger partial charge in [-0.15, -0.1) is 0 Å².